The standard InChI is InChI=1S/C19H16FNO3/c20-15-4-1-13(2-5-15)14-3-6-16-17(22)12-19(24-18(16)11-14)21-7-9-23-10-8-21/h1-6,11-12H,7-10H2. The molecular weight excluding hydrogens is 309 g/mol. The highest BCUT2D eigenvalue weighted by atomic mass is 19.1. The number of morpholine rings is 1. The molecular formula is C19H16FNO3. The number of ether oxygens (including phenoxy) is 1. The Morgan fingerprint density at radius 2 is 1.62 bits per heavy atom. The van der Waals surface area contributed by atoms with Crippen LogP contribution in [0.15, 0.2) is 57.7 Å². The Labute approximate surface area is 138 Å². The summed E-state index contributed by atoms with van der Waals surface area (Å²) in [6.07, 6.45) is 0. The van der Waals surface area contributed by atoms with Crippen molar-refractivity contribution in [3.05, 3.63) is 64.6 Å². The van der Waals surface area contributed by atoms with Gasteiger partial charge in [-0.2, -0.15) is 0 Å². The van der Waals surface area contributed by atoms with Crippen LogP contribution in [-0.2, 0) is 4.74 Å². The number of hydrogen-bond donors (Lipinski definition) is 0. The summed E-state index contributed by atoms with van der Waals surface area (Å²) in [5.74, 6) is 0.285. The third-order valence-corrected chi connectivity index (χ3v) is 4.22. The van der Waals surface area contributed by atoms with Crippen molar-refractivity contribution in [1.29, 1.82) is 0 Å². The summed E-state index contributed by atoms with van der Waals surface area (Å²) in [4.78, 5) is 14.4. The number of benzene rings is 2. The van der Waals surface area contributed by atoms with E-state index in [2.05, 4.69) is 0 Å². The molecule has 5 heteroatoms. The summed E-state index contributed by atoms with van der Waals surface area (Å²) in [5, 5.41) is 0.540. The number of hydrogen-bond acceptors (Lipinski definition) is 4. The summed E-state index contributed by atoms with van der Waals surface area (Å²) < 4.78 is 24.4. The molecule has 2 heterocycles. The highest BCUT2D eigenvalue weighted by molar-refractivity contribution is 5.83. The molecule has 0 N–H and O–H groups in total. The summed E-state index contributed by atoms with van der Waals surface area (Å²) in [5.41, 5.74) is 2.22. The van der Waals surface area contributed by atoms with E-state index in [9.17, 15) is 9.18 Å². The third-order valence-electron chi connectivity index (χ3n) is 4.22. The van der Waals surface area contributed by atoms with Gasteiger partial charge in [0.25, 0.3) is 0 Å². The molecule has 4 rings (SSSR count). The normalized spacial score (nSPS) is 15.0. The molecule has 2 aromatic carbocycles. The first kappa shape index (κ1) is 14.9. The molecule has 4 nitrogen and oxygen atoms in total. The van der Waals surface area contributed by atoms with Crippen LogP contribution in [0, 0.1) is 5.82 Å². The first-order valence-electron chi connectivity index (χ1n) is 7.87. The molecule has 0 spiro atoms. The van der Waals surface area contributed by atoms with Gasteiger partial charge in [0.1, 0.15) is 11.4 Å². The number of fused-ring (bicyclic) bond motifs is 1. The van der Waals surface area contributed by atoms with Gasteiger partial charge in [0, 0.05) is 19.2 Å². The maximum Gasteiger partial charge on any atom is 0.200 e. The lowest BCUT2D eigenvalue weighted by Gasteiger charge is -2.27. The fraction of sp³-hybridized carbons (Fsp3) is 0.211. The van der Waals surface area contributed by atoms with Crippen LogP contribution in [-0.4, -0.2) is 26.3 Å². The van der Waals surface area contributed by atoms with Crippen LogP contribution in [0.25, 0.3) is 22.1 Å². The van der Waals surface area contributed by atoms with Gasteiger partial charge in [0.05, 0.1) is 18.6 Å². The fourth-order valence-corrected chi connectivity index (χ4v) is 2.90. The SMILES string of the molecule is O=c1cc(N2CCOCC2)oc2cc(-c3ccc(F)cc3)ccc12. The Morgan fingerprint density at radius 3 is 2.38 bits per heavy atom. The van der Waals surface area contributed by atoms with Gasteiger partial charge in [0.15, 0.2) is 11.3 Å². The minimum atomic E-state index is -0.277. The number of rotatable bonds is 2. The second kappa shape index (κ2) is 6.09. The first-order valence-corrected chi connectivity index (χ1v) is 7.87. The van der Waals surface area contributed by atoms with Crippen LogP contribution in [0.2, 0.25) is 0 Å². The van der Waals surface area contributed by atoms with Crippen LogP contribution >= 0.6 is 0 Å². The lowest BCUT2D eigenvalue weighted by molar-refractivity contribution is 0.121. The van der Waals surface area contributed by atoms with Gasteiger partial charge in [-0.15, -0.1) is 0 Å². The molecule has 0 atom stereocenters. The van der Waals surface area contributed by atoms with Crippen molar-refractivity contribution >= 4 is 16.9 Å². The predicted octanol–water partition coefficient (Wildman–Crippen LogP) is 3.44. The van der Waals surface area contributed by atoms with Crippen LogP contribution in [0.5, 0.6) is 0 Å². The highest BCUT2D eigenvalue weighted by Gasteiger charge is 2.15. The van der Waals surface area contributed by atoms with Crippen molar-refractivity contribution in [1.82, 2.24) is 0 Å². The van der Waals surface area contributed by atoms with Gasteiger partial charge in [0.2, 0.25) is 0 Å². The van der Waals surface area contributed by atoms with E-state index >= 15 is 0 Å². The smallest absolute Gasteiger partial charge is 0.200 e. The van der Waals surface area contributed by atoms with E-state index in [0.717, 1.165) is 11.1 Å². The number of anilines is 1. The monoisotopic (exact) mass is 325 g/mol. The lowest BCUT2D eigenvalue weighted by atomic mass is 10.0. The Bertz CT molecular complexity index is 927. The number of halogens is 1. The second-order valence-corrected chi connectivity index (χ2v) is 5.77. The quantitative estimate of drug-likeness (QED) is 0.724. The van der Waals surface area contributed by atoms with Crippen molar-refractivity contribution in [2.24, 2.45) is 0 Å². The lowest BCUT2D eigenvalue weighted by Crippen LogP contribution is -2.36. The molecule has 122 valence electrons. The molecule has 1 aromatic heterocycles. The van der Waals surface area contributed by atoms with Crippen molar-refractivity contribution < 1.29 is 13.5 Å². The molecule has 1 saturated heterocycles. The first-order chi connectivity index (χ1) is 11.7. The zero-order chi connectivity index (χ0) is 16.5. The van der Waals surface area contributed by atoms with Gasteiger partial charge in [-0.05, 0) is 35.4 Å². The topological polar surface area (TPSA) is 42.7 Å². The molecule has 0 amide bonds. The Hall–Kier alpha value is -2.66. The summed E-state index contributed by atoms with van der Waals surface area (Å²) in [6.45, 7) is 2.65. The minimum absolute atomic E-state index is 0.0663. The van der Waals surface area contributed by atoms with Crippen molar-refractivity contribution in [3.63, 3.8) is 0 Å². The van der Waals surface area contributed by atoms with E-state index in [-0.39, 0.29) is 11.2 Å². The molecule has 0 bridgehead atoms. The average Bonchev–Trinajstić information content (AvgIpc) is 2.62. The molecule has 0 unspecified atom stereocenters. The van der Waals surface area contributed by atoms with Crippen LogP contribution in [0.3, 0.4) is 0 Å². The van der Waals surface area contributed by atoms with E-state index < -0.39 is 0 Å². The molecule has 3 aromatic rings. The van der Waals surface area contributed by atoms with Gasteiger partial charge in [-0.3, -0.25) is 4.79 Å². The van der Waals surface area contributed by atoms with Gasteiger partial charge in [-0.25, -0.2) is 4.39 Å². The Morgan fingerprint density at radius 1 is 0.917 bits per heavy atom. The zero-order valence-electron chi connectivity index (χ0n) is 13.0. The predicted molar refractivity (Wildman–Crippen MR) is 90.9 cm³/mol. The van der Waals surface area contributed by atoms with Crippen LogP contribution < -0.4 is 10.3 Å². The maximum atomic E-state index is 13.1. The van der Waals surface area contributed by atoms with E-state index in [4.69, 9.17) is 9.15 Å². The van der Waals surface area contributed by atoms with E-state index in [1.54, 1.807) is 18.2 Å². The fourth-order valence-electron chi connectivity index (χ4n) is 2.90. The van der Waals surface area contributed by atoms with Gasteiger partial charge >= 0.3 is 0 Å². The van der Waals surface area contributed by atoms with Crippen molar-refractivity contribution in [3.8, 4) is 11.1 Å². The summed E-state index contributed by atoms with van der Waals surface area (Å²) >= 11 is 0. The summed E-state index contributed by atoms with van der Waals surface area (Å²) in [6, 6.07) is 13.2. The second-order valence-electron chi connectivity index (χ2n) is 5.77. The Balaban J connectivity index is 1.79. The van der Waals surface area contributed by atoms with Gasteiger partial charge < -0.3 is 14.1 Å². The maximum absolute atomic E-state index is 13.1. The molecule has 0 radical (unpaired) electrons. The molecule has 0 saturated carbocycles. The average molecular weight is 325 g/mol. The van der Waals surface area contributed by atoms with Crippen molar-refractivity contribution in [2.45, 2.75) is 0 Å². The van der Waals surface area contributed by atoms with E-state index in [1.807, 2.05) is 17.0 Å². The number of nitrogens with zero attached hydrogens (tertiary/aromatic N) is 1. The largest absolute Gasteiger partial charge is 0.440 e. The third kappa shape index (κ3) is 2.78. The summed E-state index contributed by atoms with van der Waals surface area (Å²) in [7, 11) is 0. The van der Waals surface area contributed by atoms with Crippen molar-refractivity contribution in [2.75, 3.05) is 31.2 Å². The highest BCUT2D eigenvalue weighted by Crippen LogP contribution is 2.26. The van der Waals surface area contributed by atoms with Crippen LogP contribution in [0.4, 0.5) is 10.3 Å². The van der Waals surface area contributed by atoms with Gasteiger partial charge in [-0.1, -0.05) is 18.2 Å². The minimum Gasteiger partial charge on any atom is -0.440 e. The molecule has 1 aliphatic rings. The molecule has 1 fully saturated rings. The molecule has 24 heavy (non-hydrogen) atoms. The molecule has 1 aliphatic heterocycles. The zero-order valence-corrected chi connectivity index (χ0v) is 13.0. The van der Waals surface area contributed by atoms with E-state index in [1.165, 1.54) is 18.2 Å². The Kier molecular flexibility index (Phi) is 3.78. The van der Waals surface area contributed by atoms with Crippen LogP contribution in [0.1, 0.15) is 0 Å². The van der Waals surface area contributed by atoms with E-state index in [0.29, 0.717) is 43.2 Å². The molecule has 0 aliphatic carbocycles.